The van der Waals surface area contributed by atoms with Gasteiger partial charge in [0.05, 0.1) is 27.1 Å². The lowest BCUT2D eigenvalue weighted by atomic mass is 10.3. The van der Waals surface area contributed by atoms with Gasteiger partial charge in [0.2, 0.25) is 0 Å². The first-order chi connectivity index (χ1) is 7.85. The van der Waals surface area contributed by atoms with Gasteiger partial charge in [-0.05, 0) is 18.2 Å². The summed E-state index contributed by atoms with van der Waals surface area (Å²) >= 11 is 0. The molecule has 1 unspecified atom stereocenters. The van der Waals surface area contributed by atoms with Crippen molar-refractivity contribution in [3.05, 3.63) is 24.0 Å². The highest BCUT2D eigenvalue weighted by atomic mass is 32.2. The Morgan fingerprint density at radius 1 is 1.41 bits per heavy atom. The Kier molecular flexibility index (Phi) is 4.64. The summed E-state index contributed by atoms with van der Waals surface area (Å²) in [5, 5.41) is 0. The molecule has 4 nitrogen and oxygen atoms in total. The monoisotopic (exact) mass is 279 g/mol. The van der Waals surface area contributed by atoms with Gasteiger partial charge in [-0.2, -0.15) is 0 Å². The SMILES string of the molecule is CCS(=O)(=O)CCS(=O)c1ccc(F)cc1N. The molecule has 0 amide bonds. The van der Waals surface area contributed by atoms with E-state index in [1.807, 2.05) is 0 Å². The molecule has 1 aromatic rings. The number of rotatable bonds is 5. The Morgan fingerprint density at radius 2 is 2.06 bits per heavy atom. The number of benzene rings is 1. The van der Waals surface area contributed by atoms with Crippen LogP contribution in [-0.2, 0) is 20.6 Å². The Hall–Kier alpha value is -0.950. The molecule has 0 aliphatic carbocycles. The highest BCUT2D eigenvalue weighted by Crippen LogP contribution is 2.17. The molecule has 0 saturated heterocycles. The molecule has 0 fully saturated rings. The van der Waals surface area contributed by atoms with Crippen LogP contribution in [0.4, 0.5) is 10.1 Å². The van der Waals surface area contributed by atoms with Gasteiger partial charge in [0.15, 0.2) is 9.84 Å². The van der Waals surface area contributed by atoms with E-state index < -0.39 is 26.5 Å². The molecule has 0 aliphatic rings. The van der Waals surface area contributed by atoms with E-state index in [9.17, 15) is 17.0 Å². The first-order valence-corrected chi connectivity index (χ1v) is 8.13. The second kappa shape index (κ2) is 5.59. The lowest BCUT2D eigenvalue weighted by molar-refractivity contribution is 0.598. The molecule has 1 atom stereocenters. The zero-order valence-electron chi connectivity index (χ0n) is 9.35. The van der Waals surface area contributed by atoms with Crippen molar-refractivity contribution in [2.75, 3.05) is 23.0 Å². The first-order valence-electron chi connectivity index (χ1n) is 4.99. The standard InChI is InChI=1S/C10H14FNO3S2/c1-2-17(14,15)6-5-16(13)10-4-3-8(11)7-9(10)12/h3-4,7H,2,5-6,12H2,1H3. The molecule has 0 aromatic heterocycles. The van der Waals surface area contributed by atoms with Gasteiger partial charge in [-0.3, -0.25) is 4.21 Å². The Labute approximate surface area is 102 Å². The predicted molar refractivity (Wildman–Crippen MR) is 66.4 cm³/mol. The maximum atomic E-state index is 12.8. The van der Waals surface area contributed by atoms with E-state index in [0.717, 1.165) is 12.1 Å². The van der Waals surface area contributed by atoms with Crippen molar-refractivity contribution in [3.63, 3.8) is 0 Å². The van der Waals surface area contributed by atoms with Crippen LogP contribution in [0.2, 0.25) is 0 Å². The van der Waals surface area contributed by atoms with Crippen molar-refractivity contribution in [2.45, 2.75) is 11.8 Å². The molecule has 0 spiro atoms. The first kappa shape index (κ1) is 14.1. The summed E-state index contributed by atoms with van der Waals surface area (Å²) in [5.74, 6) is -0.674. The summed E-state index contributed by atoms with van der Waals surface area (Å²) in [5.41, 5.74) is 5.59. The van der Waals surface area contributed by atoms with Crippen LogP contribution in [0.1, 0.15) is 6.92 Å². The maximum absolute atomic E-state index is 12.8. The van der Waals surface area contributed by atoms with Gasteiger partial charge in [-0.15, -0.1) is 0 Å². The van der Waals surface area contributed by atoms with Crippen LogP contribution in [0.25, 0.3) is 0 Å². The van der Waals surface area contributed by atoms with E-state index in [1.54, 1.807) is 0 Å². The van der Waals surface area contributed by atoms with E-state index in [0.29, 0.717) is 0 Å². The minimum absolute atomic E-state index is 0.0170. The second-order valence-electron chi connectivity index (χ2n) is 3.47. The fraction of sp³-hybridized carbons (Fsp3) is 0.400. The molecule has 0 heterocycles. The molecule has 1 aromatic carbocycles. The Bertz CT molecular complexity index is 528. The maximum Gasteiger partial charge on any atom is 0.150 e. The summed E-state index contributed by atoms with van der Waals surface area (Å²) in [7, 11) is -4.67. The molecule has 0 radical (unpaired) electrons. The van der Waals surface area contributed by atoms with Gasteiger partial charge in [0.25, 0.3) is 0 Å². The molecule has 0 aliphatic heterocycles. The minimum atomic E-state index is -3.15. The van der Waals surface area contributed by atoms with Gasteiger partial charge >= 0.3 is 0 Å². The summed E-state index contributed by atoms with van der Waals surface area (Å²) in [6.07, 6.45) is 0. The molecular formula is C10H14FNO3S2. The lowest BCUT2D eigenvalue weighted by Gasteiger charge is -2.05. The van der Waals surface area contributed by atoms with Gasteiger partial charge in [0.1, 0.15) is 5.82 Å². The van der Waals surface area contributed by atoms with Gasteiger partial charge in [-0.1, -0.05) is 6.92 Å². The number of hydrogen-bond donors (Lipinski definition) is 1. The van der Waals surface area contributed by atoms with Crippen molar-refractivity contribution >= 4 is 26.3 Å². The highest BCUT2D eigenvalue weighted by molar-refractivity contribution is 7.93. The number of halogens is 1. The average Bonchev–Trinajstić information content (AvgIpc) is 2.26. The predicted octanol–water partition coefficient (Wildman–Crippen LogP) is 0.950. The third-order valence-corrected chi connectivity index (χ3v) is 5.64. The minimum Gasteiger partial charge on any atom is -0.398 e. The third-order valence-electron chi connectivity index (χ3n) is 2.24. The Morgan fingerprint density at radius 3 is 2.59 bits per heavy atom. The van der Waals surface area contributed by atoms with Gasteiger partial charge < -0.3 is 5.73 Å². The van der Waals surface area contributed by atoms with E-state index in [1.165, 1.54) is 13.0 Å². The lowest BCUT2D eigenvalue weighted by Crippen LogP contribution is -2.15. The van der Waals surface area contributed by atoms with Crippen molar-refractivity contribution in [1.82, 2.24) is 0 Å². The molecule has 2 N–H and O–H groups in total. The molecule has 17 heavy (non-hydrogen) atoms. The number of sulfone groups is 1. The fourth-order valence-electron chi connectivity index (χ4n) is 1.18. The van der Waals surface area contributed by atoms with E-state index in [2.05, 4.69) is 0 Å². The van der Waals surface area contributed by atoms with Crippen LogP contribution in [0.15, 0.2) is 23.1 Å². The topological polar surface area (TPSA) is 77.2 Å². The van der Waals surface area contributed by atoms with E-state index in [4.69, 9.17) is 5.73 Å². The van der Waals surface area contributed by atoms with E-state index in [-0.39, 0.29) is 27.8 Å². The van der Waals surface area contributed by atoms with Crippen LogP contribution in [0.5, 0.6) is 0 Å². The van der Waals surface area contributed by atoms with Crippen molar-refractivity contribution in [1.29, 1.82) is 0 Å². The summed E-state index contributed by atoms with van der Waals surface area (Å²) in [6.45, 7) is 1.53. The van der Waals surface area contributed by atoms with Crippen molar-refractivity contribution in [3.8, 4) is 0 Å². The number of nitrogen functional groups attached to an aromatic ring is 1. The quantitative estimate of drug-likeness (QED) is 0.814. The summed E-state index contributed by atoms with van der Waals surface area (Å²) in [4.78, 5) is 0.276. The Balaban J connectivity index is 2.78. The van der Waals surface area contributed by atoms with Gasteiger partial charge in [-0.25, -0.2) is 12.8 Å². The molecule has 0 saturated carbocycles. The molecule has 96 valence electrons. The number of nitrogens with two attached hydrogens (primary N) is 1. The largest absolute Gasteiger partial charge is 0.398 e. The van der Waals surface area contributed by atoms with Crippen molar-refractivity contribution < 1.29 is 17.0 Å². The van der Waals surface area contributed by atoms with Gasteiger partial charge in [0, 0.05) is 11.5 Å². The van der Waals surface area contributed by atoms with E-state index >= 15 is 0 Å². The summed E-state index contributed by atoms with van der Waals surface area (Å²) < 4.78 is 47.0. The summed E-state index contributed by atoms with van der Waals surface area (Å²) in [6, 6.07) is 3.54. The molecule has 0 bridgehead atoms. The van der Waals surface area contributed by atoms with Crippen LogP contribution in [0.3, 0.4) is 0 Å². The normalized spacial score (nSPS) is 13.5. The average molecular weight is 279 g/mol. The third kappa shape index (κ3) is 4.08. The number of hydrogen-bond acceptors (Lipinski definition) is 4. The van der Waals surface area contributed by atoms with Crippen molar-refractivity contribution in [2.24, 2.45) is 0 Å². The second-order valence-corrected chi connectivity index (χ2v) is 7.48. The molecule has 1 rings (SSSR count). The molecular weight excluding hydrogens is 265 g/mol. The zero-order chi connectivity index (χ0) is 13.1. The number of anilines is 1. The highest BCUT2D eigenvalue weighted by Gasteiger charge is 2.13. The van der Waals surface area contributed by atoms with Crippen LogP contribution in [-0.4, -0.2) is 29.9 Å². The molecule has 7 heteroatoms. The zero-order valence-corrected chi connectivity index (χ0v) is 11.0. The van der Waals surface area contributed by atoms with Crippen LogP contribution < -0.4 is 5.73 Å². The fourth-order valence-corrected chi connectivity index (χ4v) is 3.86. The van der Waals surface area contributed by atoms with Crippen LogP contribution >= 0.6 is 0 Å². The van der Waals surface area contributed by atoms with Crippen LogP contribution in [0, 0.1) is 5.82 Å². The smallest absolute Gasteiger partial charge is 0.150 e.